The first-order chi connectivity index (χ1) is 8.13. The van der Waals surface area contributed by atoms with Crippen molar-refractivity contribution in [2.75, 3.05) is 6.54 Å². The van der Waals surface area contributed by atoms with Gasteiger partial charge in [-0.05, 0) is 38.6 Å². The van der Waals surface area contributed by atoms with E-state index in [9.17, 15) is 4.39 Å². The molecule has 3 nitrogen and oxygen atoms in total. The normalized spacial score (nSPS) is 11.6. The van der Waals surface area contributed by atoms with E-state index in [1.54, 1.807) is 12.1 Å². The van der Waals surface area contributed by atoms with Crippen LogP contribution in [0, 0.1) is 5.82 Å². The molecule has 1 aromatic carbocycles. The molecule has 0 radical (unpaired) electrons. The SMILES string of the molecule is CCNCc1nc2ccc(F)cc2n1C(C)C. The minimum absolute atomic E-state index is 0.214. The second kappa shape index (κ2) is 4.84. The van der Waals surface area contributed by atoms with E-state index in [-0.39, 0.29) is 11.9 Å². The Morgan fingerprint density at radius 1 is 1.41 bits per heavy atom. The lowest BCUT2D eigenvalue weighted by Crippen LogP contribution is -2.17. The van der Waals surface area contributed by atoms with Crippen LogP contribution in [0.5, 0.6) is 0 Å². The molecule has 0 spiro atoms. The fraction of sp³-hybridized carbons (Fsp3) is 0.462. The van der Waals surface area contributed by atoms with Crippen molar-refractivity contribution in [2.24, 2.45) is 0 Å². The van der Waals surface area contributed by atoms with Crippen molar-refractivity contribution < 1.29 is 4.39 Å². The minimum atomic E-state index is -0.214. The molecule has 0 unspecified atom stereocenters. The second-order valence-corrected chi connectivity index (χ2v) is 4.41. The Labute approximate surface area is 101 Å². The molecule has 2 rings (SSSR count). The van der Waals surface area contributed by atoms with Gasteiger partial charge < -0.3 is 9.88 Å². The van der Waals surface area contributed by atoms with E-state index in [2.05, 4.69) is 35.6 Å². The van der Waals surface area contributed by atoms with Crippen molar-refractivity contribution in [1.29, 1.82) is 0 Å². The first-order valence-corrected chi connectivity index (χ1v) is 6.00. The lowest BCUT2D eigenvalue weighted by atomic mass is 10.3. The Bertz CT molecular complexity index is 517. The summed E-state index contributed by atoms with van der Waals surface area (Å²) in [5.74, 6) is 0.747. The maximum absolute atomic E-state index is 13.3. The first-order valence-electron chi connectivity index (χ1n) is 6.00. The average Bonchev–Trinajstić information content (AvgIpc) is 2.63. The molecular weight excluding hydrogens is 217 g/mol. The highest BCUT2D eigenvalue weighted by Gasteiger charge is 2.13. The number of nitrogens with one attached hydrogen (secondary N) is 1. The number of hydrogen-bond donors (Lipinski definition) is 1. The van der Waals surface area contributed by atoms with E-state index >= 15 is 0 Å². The van der Waals surface area contributed by atoms with E-state index in [1.807, 2.05) is 0 Å². The van der Waals surface area contributed by atoms with Crippen LogP contribution in [0.15, 0.2) is 18.2 Å². The molecule has 1 aromatic heterocycles. The first kappa shape index (κ1) is 12.0. The largest absolute Gasteiger partial charge is 0.324 e. The summed E-state index contributed by atoms with van der Waals surface area (Å²) in [5.41, 5.74) is 1.72. The number of rotatable bonds is 4. The summed E-state index contributed by atoms with van der Waals surface area (Å²) in [7, 11) is 0. The predicted molar refractivity (Wildman–Crippen MR) is 67.5 cm³/mol. The van der Waals surface area contributed by atoms with Gasteiger partial charge in [-0.3, -0.25) is 0 Å². The van der Waals surface area contributed by atoms with Crippen molar-refractivity contribution in [2.45, 2.75) is 33.4 Å². The lowest BCUT2D eigenvalue weighted by molar-refractivity contribution is 0.558. The Morgan fingerprint density at radius 2 is 2.18 bits per heavy atom. The molecule has 1 heterocycles. The molecule has 92 valence electrons. The zero-order valence-corrected chi connectivity index (χ0v) is 10.5. The molecule has 0 amide bonds. The topological polar surface area (TPSA) is 29.9 Å². The maximum atomic E-state index is 13.3. The number of halogens is 1. The molecule has 0 fully saturated rings. The van der Waals surface area contributed by atoms with Crippen LogP contribution >= 0.6 is 0 Å². The number of benzene rings is 1. The molecule has 0 saturated heterocycles. The van der Waals surface area contributed by atoms with Gasteiger partial charge in [0.2, 0.25) is 0 Å². The Hall–Kier alpha value is -1.42. The van der Waals surface area contributed by atoms with E-state index in [1.165, 1.54) is 6.07 Å². The fourth-order valence-corrected chi connectivity index (χ4v) is 2.05. The monoisotopic (exact) mass is 235 g/mol. The number of nitrogens with zero attached hydrogens (tertiary/aromatic N) is 2. The third-order valence-electron chi connectivity index (χ3n) is 2.77. The van der Waals surface area contributed by atoms with Crippen LogP contribution in [-0.4, -0.2) is 16.1 Å². The molecule has 0 saturated carbocycles. The summed E-state index contributed by atoms with van der Waals surface area (Å²) in [6.07, 6.45) is 0. The van der Waals surface area contributed by atoms with Crippen LogP contribution in [0.4, 0.5) is 4.39 Å². The number of fused-ring (bicyclic) bond motifs is 1. The molecular formula is C13H18FN3. The van der Waals surface area contributed by atoms with Crippen LogP contribution in [-0.2, 0) is 6.54 Å². The molecule has 0 aliphatic rings. The quantitative estimate of drug-likeness (QED) is 0.883. The summed E-state index contributed by atoms with van der Waals surface area (Å²) in [6.45, 7) is 7.84. The van der Waals surface area contributed by atoms with E-state index in [0.717, 1.165) is 23.4 Å². The Morgan fingerprint density at radius 3 is 2.82 bits per heavy atom. The van der Waals surface area contributed by atoms with Crippen LogP contribution in [0.25, 0.3) is 11.0 Å². The zero-order chi connectivity index (χ0) is 12.4. The van der Waals surface area contributed by atoms with Gasteiger partial charge in [0.1, 0.15) is 11.6 Å². The highest BCUT2D eigenvalue weighted by Crippen LogP contribution is 2.21. The van der Waals surface area contributed by atoms with E-state index in [0.29, 0.717) is 6.54 Å². The van der Waals surface area contributed by atoms with Crippen molar-refractivity contribution in [3.05, 3.63) is 29.8 Å². The van der Waals surface area contributed by atoms with Gasteiger partial charge in [0.15, 0.2) is 0 Å². The van der Waals surface area contributed by atoms with E-state index in [4.69, 9.17) is 0 Å². The Balaban J connectivity index is 2.54. The van der Waals surface area contributed by atoms with Crippen molar-refractivity contribution >= 4 is 11.0 Å². The van der Waals surface area contributed by atoms with Gasteiger partial charge in [-0.15, -0.1) is 0 Å². The molecule has 0 atom stereocenters. The smallest absolute Gasteiger partial charge is 0.125 e. The third-order valence-corrected chi connectivity index (χ3v) is 2.77. The van der Waals surface area contributed by atoms with Gasteiger partial charge in [-0.1, -0.05) is 6.92 Å². The number of hydrogen-bond acceptors (Lipinski definition) is 2. The van der Waals surface area contributed by atoms with Crippen LogP contribution < -0.4 is 5.32 Å². The van der Waals surface area contributed by atoms with Gasteiger partial charge in [0.05, 0.1) is 17.6 Å². The fourth-order valence-electron chi connectivity index (χ4n) is 2.05. The minimum Gasteiger partial charge on any atom is -0.324 e. The summed E-state index contributed by atoms with van der Waals surface area (Å²) in [5, 5.41) is 3.26. The maximum Gasteiger partial charge on any atom is 0.125 e. The summed E-state index contributed by atoms with van der Waals surface area (Å²) >= 11 is 0. The van der Waals surface area contributed by atoms with Gasteiger partial charge in [0, 0.05) is 6.04 Å². The van der Waals surface area contributed by atoms with Crippen molar-refractivity contribution in [3.8, 4) is 0 Å². The average molecular weight is 235 g/mol. The molecule has 0 aliphatic carbocycles. The number of aromatic nitrogens is 2. The molecule has 1 N–H and O–H groups in total. The van der Waals surface area contributed by atoms with Crippen LogP contribution in [0.3, 0.4) is 0 Å². The zero-order valence-electron chi connectivity index (χ0n) is 10.5. The van der Waals surface area contributed by atoms with Crippen LogP contribution in [0.2, 0.25) is 0 Å². The predicted octanol–water partition coefficient (Wildman–Crippen LogP) is 2.87. The van der Waals surface area contributed by atoms with Gasteiger partial charge >= 0.3 is 0 Å². The second-order valence-electron chi connectivity index (χ2n) is 4.41. The van der Waals surface area contributed by atoms with Crippen molar-refractivity contribution in [1.82, 2.24) is 14.9 Å². The lowest BCUT2D eigenvalue weighted by Gasteiger charge is -2.13. The van der Waals surface area contributed by atoms with Gasteiger partial charge in [-0.2, -0.15) is 0 Å². The third kappa shape index (κ3) is 2.31. The number of imidazole rings is 1. The highest BCUT2D eigenvalue weighted by molar-refractivity contribution is 5.76. The summed E-state index contributed by atoms with van der Waals surface area (Å²) < 4.78 is 15.4. The molecule has 2 aromatic rings. The summed E-state index contributed by atoms with van der Waals surface area (Å²) in [4.78, 5) is 4.55. The molecule has 17 heavy (non-hydrogen) atoms. The van der Waals surface area contributed by atoms with E-state index < -0.39 is 0 Å². The van der Waals surface area contributed by atoms with Gasteiger partial charge in [0.25, 0.3) is 0 Å². The van der Waals surface area contributed by atoms with Crippen LogP contribution in [0.1, 0.15) is 32.6 Å². The molecule has 4 heteroatoms. The summed E-state index contributed by atoms with van der Waals surface area (Å²) in [6, 6.07) is 5.02. The molecule has 0 bridgehead atoms. The van der Waals surface area contributed by atoms with Crippen molar-refractivity contribution in [3.63, 3.8) is 0 Å². The molecule has 0 aliphatic heterocycles. The standard InChI is InChI=1S/C13H18FN3/c1-4-15-8-13-16-11-6-5-10(14)7-12(11)17(13)9(2)3/h5-7,9,15H,4,8H2,1-3H3. The highest BCUT2D eigenvalue weighted by atomic mass is 19.1. The van der Waals surface area contributed by atoms with Gasteiger partial charge in [-0.25, -0.2) is 9.37 Å². The Kier molecular flexibility index (Phi) is 3.43.